The van der Waals surface area contributed by atoms with Crippen molar-refractivity contribution in [3.8, 4) is 0 Å². The molecule has 1 atom stereocenters. The molecule has 108 valence electrons. The van der Waals surface area contributed by atoms with Gasteiger partial charge in [0.2, 0.25) is 0 Å². The molecule has 0 radical (unpaired) electrons. The highest BCUT2D eigenvalue weighted by Crippen LogP contribution is 2.40. The van der Waals surface area contributed by atoms with Crippen molar-refractivity contribution in [2.24, 2.45) is 4.99 Å². The van der Waals surface area contributed by atoms with E-state index in [1.807, 2.05) is 24.4 Å². The zero-order valence-corrected chi connectivity index (χ0v) is 12.7. The molecule has 1 aliphatic heterocycles. The standard InChI is InChI=1S/C18H20N2O/c1-20(2)17-11-7-4-8-14(17)12-18(21-3)13-19-16-10-6-5-9-15(16)18/h4-11,13H,12H2,1-3H3. The summed E-state index contributed by atoms with van der Waals surface area (Å²) in [6.07, 6.45) is 2.71. The zero-order valence-electron chi connectivity index (χ0n) is 12.7. The molecule has 21 heavy (non-hydrogen) atoms. The van der Waals surface area contributed by atoms with Crippen LogP contribution in [0.1, 0.15) is 11.1 Å². The van der Waals surface area contributed by atoms with Crippen LogP contribution in [-0.4, -0.2) is 27.4 Å². The maximum atomic E-state index is 5.90. The Balaban J connectivity index is 2.03. The van der Waals surface area contributed by atoms with Crippen LogP contribution < -0.4 is 4.90 Å². The van der Waals surface area contributed by atoms with Gasteiger partial charge in [-0.1, -0.05) is 36.4 Å². The second-order valence-electron chi connectivity index (χ2n) is 5.57. The topological polar surface area (TPSA) is 24.8 Å². The normalized spacial score (nSPS) is 19.6. The summed E-state index contributed by atoms with van der Waals surface area (Å²) in [5.74, 6) is 0. The molecular formula is C18H20N2O. The summed E-state index contributed by atoms with van der Waals surface area (Å²) >= 11 is 0. The number of hydrogen-bond donors (Lipinski definition) is 0. The molecule has 0 amide bonds. The first kappa shape index (κ1) is 13.8. The van der Waals surface area contributed by atoms with Crippen LogP contribution in [0.2, 0.25) is 0 Å². The third kappa shape index (κ3) is 2.34. The summed E-state index contributed by atoms with van der Waals surface area (Å²) in [5.41, 5.74) is 4.14. The van der Waals surface area contributed by atoms with Crippen LogP contribution in [0.3, 0.4) is 0 Å². The van der Waals surface area contributed by atoms with Crippen LogP contribution in [0, 0.1) is 0 Å². The fraction of sp³-hybridized carbons (Fsp3) is 0.278. The average Bonchev–Trinajstić information content (AvgIpc) is 2.87. The van der Waals surface area contributed by atoms with E-state index in [9.17, 15) is 0 Å². The van der Waals surface area contributed by atoms with E-state index < -0.39 is 5.60 Å². The van der Waals surface area contributed by atoms with Crippen molar-refractivity contribution in [2.45, 2.75) is 12.0 Å². The number of anilines is 1. The van der Waals surface area contributed by atoms with Gasteiger partial charge < -0.3 is 9.64 Å². The second kappa shape index (κ2) is 5.34. The predicted octanol–water partition coefficient (Wildman–Crippen LogP) is 3.55. The summed E-state index contributed by atoms with van der Waals surface area (Å²) in [6.45, 7) is 0. The van der Waals surface area contributed by atoms with Crippen LogP contribution in [-0.2, 0) is 16.8 Å². The van der Waals surface area contributed by atoms with E-state index in [0.29, 0.717) is 0 Å². The molecule has 0 aliphatic carbocycles. The highest BCUT2D eigenvalue weighted by molar-refractivity contribution is 5.84. The van der Waals surface area contributed by atoms with Crippen LogP contribution in [0.15, 0.2) is 53.5 Å². The van der Waals surface area contributed by atoms with Crippen molar-refractivity contribution < 1.29 is 4.74 Å². The summed E-state index contributed by atoms with van der Waals surface area (Å²) in [6, 6.07) is 16.6. The Morgan fingerprint density at radius 3 is 2.52 bits per heavy atom. The SMILES string of the molecule is COC1(Cc2ccccc2N(C)C)C=Nc2ccccc21. The van der Waals surface area contributed by atoms with E-state index in [-0.39, 0.29) is 0 Å². The minimum absolute atomic E-state index is 0.470. The van der Waals surface area contributed by atoms with Crippen LogP contribution >= 0.6 is 0 Å². The van der Waals surface area contributed by atoms with E-state index in [0.717, 1.165) is 17.7 Å². The molecule has 0 N–H and O–H groups in total. The Morgan fingerprint density at radius 1 is 1.05 bits per heavy atom. The molecule has 0 saturated carbocycles. The largest absolute Gasteiger partial charge is 0.377 e. The third-order valence-electron chi connectivity index (χ3n) is 4.06. The lowest BCUT2D eigenvalue weighted by Crippen LogP contribution is -2.31. The van der Waals surface area contributed by atoms with E-state index in [1.165, 1.54) is 11.3 Å². The number of nitrogens with zero attached hydrogens (tertiary/aromatic N) is 2. The molecule has 0 aromatic heterocycles. The number of aliphatic imine (C=N–C) groups is 1. The fourth-order valence-electron chi connectivity index (χ4n) is 2.94. The van der Waals surface area contributed by atoms with Gasteiger partial charge in [-0.25, -0.2) is 0 Å². The first-order chi connectivity index (χ1) is 10.2. The number of rotatable bonds is 4. The summed E-state index contributed by atoms with van der Waals surface area (Å²) in [4.78, 5) is 6.67. The van der Waals surface area contributed by atoms with E-state index in [4.69, 9.17) is 4.74 Å². The van der Waals surface area contributed by atoms with Crippen molar-refractivity contribution in [3.63, 3.8) is 0 Å². The average molecular weight is 280 g/mol. The number of fused-ring (bicyclic) bond motifs is 1. The van der Waals surface area contributed by atoms with Crippen molar-refractivity contribution in [1.29, 1.82) is 0 Å². The smallest absolute Gasteiger partial charge is 0.134 e. The van der Waals surface area contributed by atoms with Gasteiger partial charge in [-0.05, 0) is 17.7 Å². The number of methoxy groups -OCH3 is 1. The first-order valence-corrected chi connectivity index (χ1v) is 7.11. The third-order valence-corrected chi connectivity index (χ3v) is 4.06. The van der Waals surface area contributed by atoms with Crippen LogP contribution in [0.4, 0.5) is 11.4 Å². The molecule has 0 fully saturated rings. The predicted molar refractivity (Wildman–Crippen MR) is 87.8 cm³/mol. The van der Waals surface area contributed by atoms with E-state index in [2.05, 4.69) is 54.3 Å². The Bertz CT molecular complexity index is 678. The maximum Gasteiger partial charge on any atom is 0.134 e. The second-order valence-corrected chi connectivity index (χ2v) is 5.57. The minimum atomic E-state index is -0.470. The number of hydrogen-bond acceptors (Lipinski definition) is 3. The van der Waals surface area contributed by atoms with Gasteiger partial charge in [-0.2, -0.15) is 0 Å². The molecule has 3 rings (SSSR count). The summed E-state index contributed by atoms with van der Waals surface area (Å²) < 4.78 is 5.90. The molecule has 0 saturated heterocycles. The van der Waals surface area contributed by atoms with Gasteiger partial charge in [0.1, 0.15) is 5.60 Å². The Morgan fingerprint density at radius 2 is 1.76 bits per heavy atom. The molecule has 0 bridgehead atoms. The van der Waals surface area contributed by atoms with Crippen molar-refractivity contribution in [1.82, 2.24) is 0 Å². The molecule has 1 heterocycles. The van der Waals surface area contributed by atoms with Gasteiger partial charge in [-0.3, -0.25) is 4.99 Å². The zero-order chi connectivity index (χ0) is 14.9. The highest BCUT2D eigenvalue weighted by atomic mass is 16.5. The van der Waals surface area contributed by atoms with Gasteiger partial charge in [-0.15, -0.1) is 0 Å². The summed E-state index contributed by atoms with van der Waals surface area (Å²) in [5, 5.41) is 0. The van der Waals surface area contributed by atoms with Crippen molar-refractivity contribution in [2.75, 3.05) is 26.1 Å². The molecule has 1 aliphatic rings. The van der Waals surface area contributed by atoms with Gasteiger partial charge in [0.25, 0.3) is 0 Å². The van der Waals surface area contributed by atoms with Crippen molar-refractivity contribution >= 4 is 17.6 Å². The quantitative estimate of drug-likeness (QED) is 0.855. The first-order valence-electron chi connectivity index (χ1n) is 7.11. The molecule has 1 unspecified atom stereocenters. The number of para-hydroxylation sites is 2. The minimum Gasteiger partial charge on any atom is -0.377 e. The molecule has 3 nitrogen and oxygen atoms in total. The summed E-state index contributed by atoms with van der Waals surface area (Å²) in [7, 11) is 5.89. The van der Waals surface area contributed by atoms with Gasteiger partial charge in [0.05, 0.1) is 5.69 Å². The van der Waals surface area contributed by atoms with E-state index >= 15 is 0 Å². The maximum absolute atomic E-state index is 5.90. The lowest BCUT2D eigenvalue weighted by Gasteiger charge is -2.28. The molecule has 2 aromatic rings. The Kier molecular flexibility index (Phi) is 3.52. The lowest BCUT2D eigenvalue weighted by atomic mass is 9.88. The van der Waals surface area contributed by atoms with E-state index in [1.54, 1.807) is 7.11 Å². The van der Waals surface area contributed by atoms with Crippen LogP contribution in [0.5, 0.6) is 0 Å². The fourth-order valence-corrected chi connectivity index (χ4v) is 2.94. The monoisotopic (exact) mass is 280 g/mol. The highest BCUT2D eigenvalue weighted by Gasteiger charge is 2.37. The van der Waals surface area contributed by atoms with Gasteiger partial charge in [0.15, 0.2) is 0 Å². The van der Waals surface area contributed by atoms with Crippen molar-refractivity contribution in [3.05, 3.63) is 59.7 Å². The molecule has 2 aromatic carbocycles. The Labute approximate surface area is 125 Å². The number of benzene rings is 2. The van der Waals surface area contributed by atoms with Crippen LogP contribution in [0.25, 0.3) is 0 Å². The number of ether oxygens (including phenoxy) is 1. The van der Waals surface area contributed by atoms with Gasteiger partial charge >= 0.3 is 0 Å². The Hall–Kier alpha value is -2.13. The molecule has 3 heteroatoms. The molecule has 0 spiro atoms. The lowest BCUT2D eigenvalue weighted by molar-refractivity contribution is 0.0553. The van der Waals surface area contributed by atoms with Gasteiger partial charge in [0, 0.05) is 45.1 Å². The molecular weight excluding hydrogens is 260 g/mol.